The summed E-state index contributed by atoms with van der Waals surface area (Å²) in [5.41, 5.74) is 6.81. The molecule has 3 aromatic rings. The van der Waals surface area contributed by atoms with E-state index < -0.39 is 5.91 Å². The number of nitrogens with zero attached hydrogens (tertiary/aromatic N) is 3. The first-order valence-electron chi connectivity index (χ1n) is 6.82. The van der Waals surface area contributed by atoms with Gasteiger partial charge in [-0.2, -0.15) is 0 Å². The second-order valence-corrected chi connectivity index (χ2v) is 4.78. The van der Waals surface area contributed by atoms with E-state index in [1.807, 2.05) is 0 Å². The van der Waals surface area contributed by atoms with Crippen molar-refractivity contribution in [3.8, 4) is 11.4 Å². The van der Waals surface area contributed by atoms with Crippen LogP contribution in [0.25, 0.3) is 5.69 Å². The molecule has 2 N–H and O–H groups in total. The molecule has 0 saturated carbocycles. The third-order valence-corrected chi connectivity index (χ3v) is 3.16. The average molecular weight is 312 g/mol. The standard InChI is InChI=1S/C16H13FN4O2/c17-11-5-7-13(8-6-11)23-10-12-9-21(20-19-12)15-4-2-1-3-14(15)16(18)22/h1-9H,10H2,(H2,18,22). The monoisotopic (exact) mass is 312 g/mol. The number of halogens is 1. The minimum Gasteiger partial charge on any atom is -0.487 e. The molecule has 0 unspecified atom stereocenters. The number of carbonyl (C=O) groups is 1. The summed E-state index contributed by atoms with van der Waals surface area (Å²) in [5, 5.41) is 7.96. The summed E-state index contributed by atoms with van der Waals surface area (Å²) in [6.45, 7) is 0.171. The van der Waals surface area contributed by atoms with E-state index in [9.17, 15) is 9.18 Å². The van der Waals surface area contributed by atoms with Crippen molar-refractivity contribution in [1.82, 2.24) is 15.0 Å². The second kappa shape index (κ2) is 6.27. The van der Waals surface area contributed by atoms with Crippen LogP contribution in [-0.2, 0) is 6.61 Å². The van der Waals surface area contributed by atoms with Gasteiger partial charge in [0.15, 0.2) is 0 Å². The predicted molar refractivity (Wildman–Crippen MR) is 80.6 cm³/mol. The molecule has 6 nitrogen and oxygen atoms in total. The summed E-state index contributed by atoms with van der Waals surface area (Å²) in [7, 11) is 0. The molecule has 0 bridgehead atoms. The van der Waals surface area contributed by atoms with E-state index in [2.05, 4.69) is 10.3 Å². The zero-order valence-electron chi connectivity index (χ0n) is 12.0. The summed E-state index contributed by atoms with van der Waals surface area (Å²) in [6, 6.07) is 12.5. The first-order chi connectivity index (χ1) is 11.1. The summed E-state index contributed by atoms with van der Waals surface area (Å²) in [6.07, 6.45) is 1.64. The van der Waals surface area contributed by atoms with Crippen LogP contribution in [0.2, 0.25) is 0 Å². The molecular formula is C16H13FN4O2. The molecule has 23 heavy (non-hydrogen) atoms. The van der Waals surface area contributed by atoms with Crippen LogP contribution in [0, 0.1) is 5.82 Å². The molecule has 1 amide bonds. The van der Waals surface area contributed by atoms with Gasteiger partial charge in [-0.05, 0) is 36.4 Å². The molecule has 0 fully saturated rings. The van der Waals surface area contributed by atoms with Gasteiger partial charge in [-0.15, -0.1) is 5.10 Å². The Morgan fingerprint density at radius 1 is 1.17 bits per heavy atom. The van der Waals surface area contributed by atoms with E-state index >= 15 is 0 Å². The average Bonchev–Trinajstić information content (AvgIpc) is 3.03. The lowest BCUT2D eigenvalue weighted by molar-refractivity contribution is 0.1000. The fourth-order valence-electron chi connectivity index (χ4n) is 2.05. The highest BCUT2D eigenvalue weighted by Gasteiger charge is 2.11. The number of benzene rings is 2. The highest BCUT2D eigenvalue weighted by molar-refractivity contribution is 5.96. The Morgan fingerprint density at radius 3 is 2.65 bits per heavy atom. The fourth-order valence-corrected chi connectivity index (χ4v) is 2.05. The van der Waals surface area contributed by atoms with Crippen LogP contribution in [0.1, 0.15) is 16.1 Å². The Hall–Kier alpha value is -3.22. The van der Waals surface area contributed by atoms with Gasteiger partial charge in [0.2, 0.25) is 0 Å². The van der Waals surface area contributed by atoms with Gasteiger partial charge < -0.3 is 10.5 Å². The summed E-state index contributed by atoms with van der Waals surface area (Å²) >= 11 is 0. The summed E-state index contributed by atoms with van der Waals surface area (Å²) in [5.74, 6) is -0.343. The molecule has 0 spiro atoms. The van der Waals surface area contributed by atoms with Crippen molar-refractivity contribution in [2.45, 2.75) is 6.61 Å². The number of aromatic nitrogens is 3. The molecule has 0 aliphatic rings. The lowest BCUT2D eigenvalue weighted by Gasteiger charge is -2.05. The van der Waals surface area contributed by atoms with E-state index in [1.165, 1.54) is 28.9 Å². The molecule has 3 rings (SSSR count). The second-order valence-electron chi connectivity index (χ2n) is 4.78. The van der Waals surface area contributed by atoms with E-state index in [0.717, 1.165) is 0 Å². The number of para-hydroxylation sites is 1. The van der Waals surface area contributed by atoms with Gasteiger partial charge in [0.1, 0.15) is 23.9 Å². The Bertz CT molecular complexity index is 830. The van der Waals surface area contributed by atoms with Crippen LogP contribution in [-0.4, -0.2) is 20.9 Å². The first-order valence-corrected chi connectivity index (χ1v) is 6.82. The summed E-state index contributed by atoms with van der Waals surface area (Å²) < 4.78 is 19.8. The molecule has 0 saturated heterocycles. The molecule has 1 heterocycles. The van der Waals surface area contributed by atoms with Crippen LogP contribution in [0.4, 0.5) is 4.39 Å². The molecule has 116 valence electrons. The molecule has 0 aliphatic heterocycles. The zero-order chi connectivity index (χ0) is 16.2. The first kappa shape index (κ1) is 14.7. The number of hydrogen-bond acceptors (Lipinski definition) is 4. The number of carbonyl (C=O) groups excluding carboxylic acids is 1. The maximum absolute atomic E-state index is 12.8. The molecular weight excluding hydrogens is 299 g/mol. The minimum absolute atomic E-state index is 0.171. The molecule has 7 heteroatoms. The van der Waals surface area contributed by atoms with Gasteiger partial charge in [0.05, 0.1) is 17.4 Å². The molecule has 0 radical (unpaired) electrons. The largest absolute Gasteiger partial charge is 0.487 e. The van der Waals surface area contributed by atoms with Gasteiger partial charge in [-0.1, -0.05) is 17.3 Å². The third kappa shape index (κ3) is 3.34. The number of amides is 1. The molecule has 1 aromatic heterocycles. The maximum Gasteiger partial charge on any atom is 0.250 e. The number of ether oxygens (including phenoxy) is 1. The van der Waals surface area contributed by atoms with Gasteiger partial charge in [0, 0.05) is 0 Å². The van der Waals surface area contributed by atoms with Gasteiger partial charge in [-0.3, -0.25) is 4.79 Å². The third-order valence-electron chi connectivity index (χ3n) is 3.16. The Labute approximate surface area is 131 Å². The van der Waals surface area contributed by atoms with Crippen molar-refractivity contribution in [3.05, 3.63) is 71.8 Å². The smallest absolute Gasteiger partial charge is 0.250 e. The number of nitrogens with two attached hydrogens (primary N) is 1. The van der Waals surface area contributed by atoms with Gasteiger partial charge in [0.25, 0.3) is 5.91 Å². The van der Waals surface area contributed by atoms with Crippen LogP contribution in [0.3, 0.4) is 0 Å². The van der Waals surface area contributed by atoms with E-state index in [0.29, 0.717) is 22.7 Å². The SMILES string of the molecule is NC(=O)c1ccccc1-n1cc(COc2ccc(F)cc2)nn1. The number of primary amides is 1. The fraction of sp³-hybridized carbons (Fsp3) is 0.0625. The van der Waals surface area contributed by atoms with Crippen molar-refractivity contribution in [3.63, 3.8) is 0 Å². The lowest BCUT2D eigenvalue weighted by atomic mass is 10.1. The van der Waals surface area contributed by atoms with Crippen molar-refractivity contribution >= 4 is 5.91 Å². The zero-order valence-corrected chi connectivity index (χ0v) is 12.0. The van der Waals surface area contributed by atoms with E-state index in [-0.39, 0.29) is 12.4 Å². The summed E-state index contributed by atoms with van der Waals surface area (Å²) in [4.78, 5) is 11.4. The normalized spacial score (nSPS) is 10.5. The van der Waals surface area contributed by atoms with Crippen LogP contribution >= 0.6 is 0 Å². The van der Waals surface area contributed by atoms with E-state index in [4.69, 9.17) is 10.5 Å². The van der Waals surface area contributed by atoms with Crippen molar-refractivity contribution < 1.29 is 13.9 Å². The van der Waals surface area contributed by atoms with Crippen molar-refractivity contribution in [1.29, 1.82) is 0 Å². The van der Waals surface area contributed by atoms with Gasteiger partial charge in [-0.25, -0.2) is 9.07 Å². The van der Waals surface area contributed by atoms with Crippen LogP contribution in [0.5, 0.6) is 5.75 Å². The minimum atomic E-state index is -0.541. The number of rotatable bonds is 5. The highest BCUT2D eigenvalue weighted by atomic mass is 19.1. The van der Waals surface area contributed by atoms with Crippen molar-refractivity contribution in [2.24, 2.45) is 5.73 Å². The van der Waals surface area contributed by atoms with E-state index in [1.54, 1.807) is 30.5 Å². The quantitative estimate of drug-likeness (QED) is 0.782. The molecule has 0 aliphatic carbocycles. The van der Waals surface area contributed by atoms with Gasteiger partial charge >= 0.3 is 0 Å². The predicted octanol–water partition coefficient (Wildman–Crippen LogP) is 2.08. The van der Waals surface area contributed by atoms with Crippen LogP contribution < -0.4 is 10.5 Å². The number of hydrogen-bond donors (Lipinski definition) is 1. The van der Waals surface area contributed by atoms with Crippen molar-refractivity contribution in [2.75, 3.05) is 0 Å². The van der Waals surface area contributed by atoms with Crippen LogP contribution in [0.15, 0.2) is 54.7 Å². The topological polar surface area (TPSA) is 83.0 Å². The lowest BCUT2D eigenvalue weighted by Crippen LogP contribution is -2.14. The Balaban J connectivity index is 1.76. The maximum atomic E-state index is 12.8. The molecule has 0 atom stereocenters. The Morgan fingerprint density at radius 2 is 1.91 bits per heavy atom. The molecule has 2 aromatic carbocycles. The Kier molecular flexibility index (Phi) is 4.01. The highest BCUT2D eigenvalue weighted by Crippen LogP contribution is 2.15.